The summed E-state index contributed by atoms with van der Waals surface area (Å²) in [6, 6.07) is 3.31. The van der Waals surface area contributed by atoms with E-state index in [1.54, 1.807) is 0 Å². The summed E-state index contributed by atoms with van der Waals surface area (Å²) in [6.07, 6.45) is 4.54. The molecule has 3 aliphatic rings. The summed E-state index contributed by atoms with van der Waals surface area (Å²) in [6.45, 7) is 8.92. The summed E-state index contributed by atoms with van der Waals surface area (Å²) in [5.41, 5.74) is 1.92. The molecule has 2 unspecified atom stereocenters. The molecule has 0 aromatic heterocycles. The molecule has 130 valence electrons. The van der Waals surface area contributed by atoms with Gasteiger partial charge in [0.2, 0.25) is 0 Å². The Morgan fingerprint density at radius 3 is 2.46 bits per heavy atom. The van der Waals surface area contributed by atoms with E-state index in [-0.39, 0.29) is 27.7 Å². The molecule has 0 amide bonds. The second kappa shape index (κ2) is 4.56. The van der Waals surface area contributed by atoms with Crippen molar-refractivity contribution in [2.75, 3.05) is 0 Å². The van der Waals surface area contributed by atoms with E-state index in [0.29, 0.717) is 24.0 Å². The van der Waals surface area contributed by atoms with Crippen LogP contribution < -0.4 is 0 Å². The number of phenolic OH excluding ortho intramolecular Hbond substituents is 2. The van der Waals surface area contributed by atoms with Crippen LogP contribution in [0.25, 0.3) is 0 Å². The Morgan fingerprint density at radius 2 is 1.75 bits per heavy atom. The first kappa shape index (κ1) is 16.0. The van der Waals surface area contributed by atoms with Crippen LogP contribution in [0.1, 0.15) is 64.5 Å². The van der Waals surface area contributed by atoms with Crippen molar-refractivity contribution in [2.45, 2.75) is 65.2 Å². The lowest BCUT2D eigenvalue weighted by atomic mass is 9.43. The number of benzene rings is 1. The second-order valence-corrected chi connectivity index (χ2v) is 9.42. The zero-order valence-corrected chi connectivity index (χ0v) is 15.1. The molecule has 4 atom stereocenters. The van der Waals surface area contributed by atoms with Crippen LogP contribution in [0, 0.1) is 22.7 Å². The predicted octanol–water partition coefficient (Wildman–Crippen LogP) is 4.33. The van der Waals surface area contributed by atoms with Crippen LogP contribution in [0.3, 0.4) is 0 Å². The van der Waals surface area contributed by atoms with E-state index in [2.05, 4.69) is 27.7 Å². The third-order valence-corrected chi connectivity index (χ3v) is 7.97. The van der Waals surface area contributed by atoms with E-state index >= 15 is 0 Å². The Hall–Kier alpha value is -1.51. The van der Waals surface area contributed by atoms with Crippen LogP contribution in [0.2, 0.25) is 0 Å². The molecule has 0 saturated heterocycles. The van der Waals surface area contributed by atoms with Gasteiger partial charge >= 0.3 is 0 Å². The van der Waals surface area contributed by atoms with Gasteiger partial charge in [-0.2, -0.15) is 0 Å². The number of Topliss-reactive ketones (excluding diaryl/α,β-unsaturated/α-hetero) is 1. The van der Waals surface area contributed by atoms with Crippen molar-refractivity contribution in [3.05, 3.63) is 23.3 Å². The number of hydrogen-bond donors (Lipinski definition) is 2. The van der Waals surface area contributed by atoms with Crippen LogP contribution >= 0.6 is 0 Å². The van der Waals surface area contributed by atoms with Gasteiger partial charge in [0, 0.05) is 28.9 Å². The van der Waals surface area contributed by atoms with Gasteiger partial charge in [0.15, 0.2) is 0 Å². The molecule has 0 bridgehead atoms. The molecule has 3 heteroatoms. The monoisotopic (exact) mass is 328 g/mol. The summed E-state index contributed by atoms with van der Waals surface area (Å²) in [5, 5.41) is 20.4. The zero-order valence-electron chi connectivity index (χ0n) is 15.1. The highest BCUT2D eigenvalue weighted by Crippen LogP contribution is 2.67. The lowest BCUT2D eigenvalue weighted by Crippen LogP contribution is -2.57. The fourth-order valence-electron chi connectivity index (χ4n) is 6.82. The molecular weight excluding hydrogens is 300 g/mol. The average molecular weight is 328 g/mol. The number of carbonyl (C=O) groups is 1. The summed E-state index contributed by atoms with van der Waals surface area (Å²) in [5.74, 6) is 1.61. The van der Waals surface area contributed by atoms with E-state index in [1.807, 2.05) is 6.07 Å². The summed E-state index contributed by atoms with van der Waals surface area (Å²) in [4.78, 5) is 12.5. The van der Waals surface area contributed by atoms with Gasteiger partial charge in [0.25, 0.3) is 0 Å². The fraction of sp³-hybridized carbons (Fsp3) is 0.667. The number of ketones is 1. The van der Waals surface area contributed by atoms with Crippen LogP contribution in [0.4, 0.5) is 0 Å². The molecule has 4 rings (SSSR count). The maximum absolute atomic E-state index is 12.5. The van der Waals surface area contributed by atoms with Crippen LogP contribution in [0.15, 0.2) is 12.1 Å². The third-order valence-electron chi connectivity index (χ3n) is 7.97. The lowest BCUT2D eigenvalue weighted by Gasteiger charge is -2.60. The van der Waals surface area contributed by atoms with Gasteiger partial charge in [-0.05, 0) is 54.6 Å². The van der Waals surface area contributed by atoms with Crippen molar-refractivity contribution in [3.8, 4) is 11.5 Å². The first-order valence-electron chi connectivity index (χ1n) is 9.19. The predicted molar refractivity (Wildman–Crippen MR) is 93.2 cm³/mol. The molecule has 1 aromatic rings. The molecule has 2 fully saturated rings. The molecular formula is C21H28O3. The standard InChI is InChI=1S/C21H28O3/c1-19(2)15-5-7-21(4)16(20(15,3)8-6-17(19)24)10-12-9-13(22)11-14(23)18(12)21/h9,11,15-16,22-23H,5-8,10H2,1-4H3/t15?,16-,20?,21-/m1/s1. The van der Waals surface area contributed by atoms with Crippen LogP contribution in [-0.2, 0) is 16.6 Å². The summed E-state index contributed by atoms with van der Waals surface area (Å²) < 4.78 is 0. The fourth-order valence-corrected chi connectivity index (χ4v) is 6.82. The van der Waals surface area contributed by atoms with Gasteiger partial charge in [-0.3, -0.25) is 4.79 Å². The average Bonchev–Trinajstić information content (AvgIpc) is 2.77. The minimum atomic E-state index is -0.257. The SMILES string of the molecule is CC1(C)C(=O)CCC2(C)C1CC[C@@]1(C)c3c(O)cc(O)cc3C[C@H]21. The first-order valence-corrected chi connectivity index (χ1v) is 9.19. The molecule has 3 aliphatic carbocycles. The van der Waals surface area contributed by atoms with Gasteiger partial charge in [-0.1, -0.05) is 27.7 Å². The highest BCUT2D eigenvalue weighted by atomic mass is 16.3. The Balaban J connectivity index is 1.84. The summed E-state index contributed by atoms with van der Waals surface area (Å²) >= 11 is 0. The first-order chi connectivity index (χ1) is 11.1. The minimum Gasteiger partial charge on any atom is -0.508 e. The van der Waals surface area contributed by atoms with Crippen molar-refractivity contribution in [2.24, 2.45) is 22.7 Å². The van der Waals surface area contributed by atoms with E-state index in [9.17, 15) is 15.0 Å². The molecule has 0 radical (unpaired) electrons. The second-order valence-electron chi connectivity index (χ2n) is 9.42. The van der Waals surface area contributed by atoms with E-state index in [0.717, 1.165) is 36.8 Å². The molecule has 0 aliphatic heterocycles. The number of rotatable bonds is 0. The maximum Gasteiger partial charge on any atom is 0.138 e. The molecule has 24 heavy (non-hydrogen) atoms. The number of phenols is 2. The highest BCUT2D eigenvalue weighted by molar-refractivity contribution is 5.85. The summed E-state index contributed by atoms with van der Waals surface area (Å²) in [7, 11) is 0. The van der Waals surface area contributed by atoms with E-state index < -0.39 is 0 Å². The van der Waals surface area contributed by atoms with Crippen molar-refractivity contribution in [1.82, 2.24) is 0 Å². The van der Waals surface area contributed by atoms with Crippen molar-refractivity contribution < 1.29 is 15.0 Å². The molecule has 2 saturated carbocycles. The topological polar surface area (TPSA) is 57.5 Å². The smallest absolute Gasteiger partial charge is 0.138 e. The number of aromatic hydroxyl groups is 2. The van der Waals surface area contributed by atoms with Gasteiger partial charge in [0.1, 0.15) is 17.3 Å². The van der Waals surface area contributed by atoms with Gasteiger partial charge < -0.3 is 10.2 Å². The van der Waals surface area contributed by atoms with Crippen molar-refractivity contribution in [1.29, 1.82) is 0 Å². The zero-order chi connectivity index (χ0) is 17.5. The maximum atomic E-state index is 12.5. The highest BCUT2D eigenvalue weighted by Gasteiger charge is 2.63. The molecule has 0 spiro atoms. The molecule has 3 nitrogen and oxygen atoms in total. The normalized spacial score (nSPS) is 39.9. The van der Waals surface area contributed by atoms with E-state index in [1.165, 1.54) is 6.07 Å². The quantitative estimate of drug-likeness (QED) is 0.745. The number of fused-ring (bicyclic) bond motifs is 5. The Labute approximate surface area is 144 Å². The molecule has 0 heterocycles. The Kier molecular flexibility index (Phi) is 3.04. The minimum absolute atomic E-state index is 0.0607. The van der Waals surface area contributed by atoms with Crippen LogP contribution in [0.5, 0.6) is 11.5 Å². The van der Waals surface area contributed by atoms with Gasteiger partial charge in [-0.15, -0.1) is 0 Å². The van der Waals surface area contributed by atoms with Crippen molar-refractivity contribution in [3.63, 3.8) is 0 Å². The van der Waals surface area contributed by atoms with Gasteiger partial charge in [0.05, 0.1) is 0 Å². The van der Waals surface area contributed by atoms with Gasteiger partial charge in [-0.25, -0.2) is 0 Å². The number of carbonyl (C=O) groups excluding carboxylic acids is 1. The molecule has 2 N–H and O–H groups in total. The van der Waals surface area contributed by atoms with E-state index in [4.69, 9.17) is 0 Å². The van der Waals surface area contributed by atoms with Crippen molar-refractivity contribution >= 4 is 5.78 Å². The Morgan fingerprint density at radius 1 is 1.04 bits per heavy atom. The largest absolute Gasteiger partial charge is 0.508 e. The number of hydrogen-bond acceptors (Lipinski definition) is 3. The van der Waals surface area contributed by atoms with Crippen LogP contribution in [-0.4, -0.2) is 16.0 Å². The molecule has 1 aromatic carbocycles. The third kappa shape index (κ3) is 1.76. The lowest BCUT2D eigenvalue weighted by molar-refractivity contribution is -0.151. The Bertz CT molecular complexity index is 735.